The molecule has 0 radical (unpaired) electrons. The quantitative estimate of drug-likeness (QED) is 0.718. The Morgan fingerprint density at radius 3 is 2.88 bits per heavy atom. The SMILES string of the molecule is CCNC(Cn1cccn1)(C(N)=O)C1CC1. The number of carbonyl (C=O) groups is 1. The highest BCUT2D eigenvalue weighted by Crippen LogP contribution is 2.40. The molecule has 1 fully saturated rings. The first-order valence-corrected chi connectivity index (χ1v) is 5.71. The predicted molar refractivity (Wildman–Crippen MR) is 60.6 cm³/mol. The van der Waals surface area contributed by atoms with Gasteiger partial charge in [0.1, 0.15) is 5.54 Å². The summed E-state index contributed by atoms with van der Waals surface area (Å²) in [5.74, 6) is 0.0847. The Morgan fingerprint density at radius 2 is 2.44 bits per heavy atom. The zero-order valence-corrected chi connectivity index (χ0v) is 9.52. The van der Waals surface area contributed by atoms with Gasteiger partial charge in [-0.15, -0.1) is 0 Å². The van der Waals surface area contributed by atoms with Gasteiger partial charge in [0.15, 0.2) is 0 Å². The topological polar surface area (TPSA) is 72.9 Å². The molecule has 2 rings (SSSR count). The van der Waals surface area contributed by atoms with E-state index in [1.54, 1.807) is 10.9 Å². The molecule has 3 N–H and O–H groups in total. The van der Waals surface area contributed by atoms with E-state index in [9.17, 15) is 4.79 Å². The lowest BCUT2D eigenvalue weighted by atomic mass is 9.92. The molecular weight excluding hydrogens is 204 g/mol. The standard InChI is InChI=1S/C11H18N4O/c1-2-13-11(10(12)16,9-4-5-9)8-15-7-3-6-14-15/h3,6-7,9,13H,2,4-5,8H2,1H3,(H2,12,16). The number of rotatable bonds is 6. The van der Waals surface area contributed by atoms with Gasteiger partial charge in [-0.3, -0.25) is 9.48 Å². The van der Waals surface area contributed by atoms with E-state index in [1.165, 1.54) is 0 Å². The van der Waals surface area contributed by atoms with Crippen LogP contribution in [0.2, 0.25) is 0 Å². The third kappa shape index (κ3) is 1.95. The van der Waals surface area contributed by atoms with Crippen LogP contribution in [0.3, 0.4) is 0 Å². The van der Waals surface area contributed by atoms with E-state index in [4.69, 9.17) is 5.73 Å². The van der Waals surface area contributed by atoms with Crippen molar-refractivity contribution in [2.75, 3.05) is 6.54 Å². The number of amides is 1. The molecule has 1 aliphatic carbocycles. The summed E-state index contributed by atoms with van der Waals surface area (Å²) in [6.07, 6.45) is 5.70. The summed E-state index contributed by atoms with van der Waals surface area (Å²) in [5.41, 5.74) is 4.95. The third-order valence-electron chi connectivity index (χ3n) is 3.18. The summed E-state index contributed by atoms with van der Waals surface area (Å²) >= 11 is 0. The molecule has 1 heterocycles. The van der Waals surface area contributed by atoms with Gasteiger partial charge < -0.3 is 11.1 Å². The van der Waals surface area contributed by atoms with Crippen molar-refractivity contribution in [3.63, 3.8) is 0 Å². The van der Waals surface area contributed by atoms with E-state index in [0.717, 1.165) is 19.4 Å². The molecule has 5 nitrogen and oxygen atoms in total. The Morgan fingerprint density at radius 1 is 1.69 bits per heavy atom. The summed E-state index contributed by atoms with van der Waals surface area (Å²) in [6.45, 7) is 3.25. The van der Waals surface area contributed by atoms with E-state index in [-0.39, 0.29) is 5.91 Å². The molecule has 1 aromatic heterocycles. The van der Waals surface area contributed by atoms with Crippen molar-refractivity contribution in [1.82, 2.24) is 15.1 Å². The van der Waals surface area contributed by atoms with E-state index in [0.29, 0.717) is 12.5 Å². The maximum absolute atomic E-state index is 11.7. The summed E-state index contributed by atoms with van der Waals surface area (Å²) in [7, 11) is 0. The van der Waals surface area contributed by atoms with Gasteiger partial charge in [-0.05, 0) is 31.4 Å². The molecule has 0 saturated heterocycles. The number of carbonyl (C=O) groups excluding carboxylic acids is 1. The van der Waals surface area contributed by atoms with Crippen LogP contribution < -0.4 is 11.1 Å². The lowest BCUT2D eigenvalue weighted by molar-refractivity contribution is -0.126. The first-order valence-electron chi connectivity index (χ1n) is 5.71. The Bertz CT molecular complexity index is 358. The lowest BCUT2D eigenvalue weighted by Crippen LogP contribution is -2.59. The monoisotopic (exact) mass is 222 g/mol. The van der Waals surface area contributed by atoms with Crippen LogP contribution in [-0.2, 0) is 11.3 Å². The second-order valence-electron chi connectivity index (χ2n) is 4.34. The molecule has 1 unspecified atom stereocenters. The Balaban J connectivity index is 2.21. The molecule has 1 aromatic rings. The van der Waals surface area contributed by atoms with Gasteiger partial charge in [-0.1, -0.05) is 6.92 Å². The number of nitrogens with one attached hydrogen (secondary N) is 1. The highest BCUT2D eigenvalue weighted by molar-refractivity contribution is 5.85. The van der Waals surface area contributed by atoms with Crippen molar-refractivity contribution in [2.45, 2.75) is 31.8 Å². The number of aromatic nitrogens is 2. The number of nitrogens with zero attached hydrogens (tertiary/aromatic N) is 2. The predicted octanol–water partition coefficient (Wildman–Crippen LogP) is 0.127. The Labute approximate surface area is 95.0 Å². The van der Waals surface area contributed by atoms with Crippen LogP contribution in [0.1, 0.15) is 19.8 Å². The van der Waals surface area contributed by atoms with Crippen molar-refractivity contribution >= 4 is 5.91 Å². The minimum absolute atomic E-state index is 0.271. The maximum atomic E-state index is 11.7. The second kappa shape index (κ2) is 4.25. The van der Waals surface area contributed by atoms with Crippen LogP contribution in [0.15, 0.2) is 18.5 Å². The highest BCUT2D eigenvalue weighted by Gasteiger charge is 2.49. The van der Waals surface area contributed by atoms with Gasteiger partial charge in [0.2, 0.25) is 5.91 Å². The fraction of sp³-hybridized carbons (Fsp3) is 0.636. The zero-order valence-electron chi connectivity index (χ0n) is 9.52. The van der Waals surface area contributed by atoms with Crippen molar-refractivity contribution in [1.29, 1.82) is 0 Å². The first kappa shape index (κ1) is 11.1. The number of nitrogens with two attached hydrogens (primary N) is 1. The fourth-order valence-corrected chi connectivity index (χ4v) is 2.24. The van der Waals surface area contributed by atoms with E-state index in [2.05, 4.69) is 10.4 Å². The average Bonchev–Trinajstić information content (AvgIpc) is 2.98. The highest BCUT2D eigenvalue weighted by atomic mass is 16.1. The van der Waals surface area contributed by atoms with Gasteiger partial charge in [-0.2, -0.15) is 5.10 Å². The van der Waals surface area contributed by atoms with Gasteiger partial charge in [-0.25, -0.2) is 0 Å². The molecule has 1 aliphatic rings. The maximum Gasteiger partial charge on any atom is 0.239 e. The molecule has 1 amide bonds. The molecule has 5 heteroatoms. The second-order valence-corrected chi connectivity index (χ2v) is 4.34. The average molecular weight is 222 g/mol. The van der Waals surface area contributed by atoms with Crippen LogP contribution in [0, 0.1) is 5.92 Å². The van der Waals surface area contributed by atoms with Crippen molar-refractivity contribution in [3.8, 4) is 0 Å². The number of hydrogen-bond donors (Lipinski definition) is 2. The van der Waals surface area contributed by atoms with Crippen LogP contribution in [-0.4, -0.2) is 27.8 Å². The summed E-state index contributed by atoms with van der Waals surface area (Å²) in [5, 5.41) is 7.41. The molecule has 1 saturated carbocycles. The first-order chi connectivity index (χ1) is 7.69. The Hall–Kier alpha value is -1.36. The number of primary amides is 1. The van der Waals surface area contributed by atoms with Crippen LogP contribution >= 0.6 is 0 Å². The number of hydrogen-bond acceptors (Lipinski definition) is 3. The van der Waals surface area contributed by atoms with Gasteiger partial charge >= 0.3 is 0 Å². The molecule has 0 aromatic carbocycles. The lowest BCUT2D eigenvalue weighted by Gasteiger charge is -2.31. The van der Waals surface area contributed by atoms with Gasteiger partial charge in [0.05, 0.1) is 6.54 Å². The third-order valence-corrected chi connectivity index (χ3v) is 3.18. The zero-order chi connectivity index (χ0) is 11.6. The summed E-state index contributed by atoms with van der Waals surface area (Å²) < 4.78 is 1.77. The smallest absolute Gasteiger partial charge is 0.239 e. The van der Waals surface area contributed by atoms with E-state index < -0.39 is 5.54 Å². The molecule has 0 spiro atoms. The van der Waals surface area contributed by atoms with Gasteiger partial charge in [0, 0.05) is 12.4 Å². The van der Waals surface area contributed by atoms with E-state index in [1.807, 2.05) is 19.2 Å². The molecular formula is C11H18N4O. The van der Waals surface area contributed by atoms with Gasteiger partial charge in [0.25, 0.3) is 0 Å². The van der Waals surface area contributed by atoms with Crippen molar-refractivity contribution < 1.29 is 4.79 Å². The molecule has 0 aliphatic heterocycles. The summed E-state index contributed by atoms with van der Waals surface area (Å²) in [6, 6.07) is 1.85. The normalized spacial score (nSPS) is 19.3. The molecule has 0 bridgehead atoms. The molecule has 88 valence electrons. The molecule has 16 heavy (non-hydrogen) atoms. The van der Waals surface area contributed by atoms with Crippen LogP contribution in [0.4, 0.5) is 0 Å². The van der Waals surface area contributed by atoms with Crippen LogP contribution in [0.5, 0.6) is 0 Å². The minimum atomic E-state index is -0.624. The minimum Gasteiger partial charge on any atom is -0.368 e. The largest absolute Gasteiger partial charge is 0.368 e. The summed E-state index contributed by atoms with van der Waals surface area (Å²) in [4.78, 5) is 11.7. The fourth-order valence-electron chi connectivity index (χ4n) is 2.24. The number of likely N-dealkylation sites (N-methyl/N-ethyl adjacent to an activating group) is 1. The van der Waals surface area contributed by atoms with Crippen LogP contribution in [0.25, 0.3) is 0 Å². The van der Waals surface area contributed by atoms with E-state index >= 15 is 0 Å². The Kier molecular flexibility index (Phi) is 2.96. The molecule has 1 atom stereocenters. The van der Waals surface area contributed by atoms with Crippen molar-refractivity contribution in [3.05, 3.63) is 18.5 Å². The van der Waals surface area contributed by atoms with Crippen molar-refractivity contribution in [2.24, 2.45) is 11.7 Å².